The summed E-state index contributed by atoms with van der Waals surface area (Å²) in [5, 5.41) is 3.70. The van der Waals surface area contributed by atoms with E-state index in [4.69, 9.17) is 4.74 Å². The molecule has 1 rings (SSSR count). The normalized spacial score (nSPS) is 25.4. The van der Waals surface area contributed by atoms with E-state index in [2.05, 4.69) is 31.0 Å². The third kappa shape index (κ3) is 4.94. The summed E-state index contributed by atoms with van der Waals surface area (Å²) in [6.07, 6.45) is 4.84. The van der Waals surface area contributed by atoms with Crippen LogP contribution in [0.2, 0.25) is 0 Å². The molecule has 0 aromatic heterocycles. The lowest BCUT2D eigenvalue weighted by atomic mass is 10.0. The molecule has 0 radical (unpaired) electrons. The second-order valence-electron chi connectivity index (χ2n) is 5.03. The van der Waals surface area contributed by atoms with Gasteiger partial charge in [-0.05, 0) is 45.3 Å². The van der Waals surface area contributed by atoms with E-state index >= 15 is 0 Å². The molecule has 0 aliphatic carbocycles. The lowest BCUT2D eigenvalue weighted by molar-refractivity contribution is -0.00321. The Kier molecular flexibility index (Phi) is 7.82. The van der Waals surface area contributed by atoms with Gasteiger partial charge >= 0.3 is 0 Å². The number of hydrogen-bond acceptors (Lipinski definition) is 3. The Balaban J connectivity index is 2.53. The molecule has 0 amide bonds. The number of ether oxygens (including phenoxy) is 1. The van der Waals surface area contributed by atoms with Gasteiger partial charge in [-0.2, -0.15) is 0 Å². The largest absolute Gasteiger partial charge is 0.380 e. The van der Waals surface area contributed by atoms with Gasteiger partial charge in [0.1, 0.15) is 0 Å². The predicted molar refractivity (Wildman–Crippen MR) is 73.5 cm³/mol. The molecule has 0 saturated carbocycles. The van der Waals surface area contributed by atoms with Gasteiger partial charge < -0.3 is 10.1 Å². The molecule has 1 heterocycles. The molecule has 102 valence electrons. The quantitative estimate of drug-likeness (QED) is 0.706. The van der Waals surface area contributed by atoms with Crippen LogP contribution < -0.4 is 5.32 Å². The Labute approximate surface area is 107 Å². The van der Waals surface area contributed by atoms with Gasteiger partial charge in [-0.15, -0.1) is 0 Å². The van der Waals surface area contributed by atoms with Crippen molar-refractivity contribution in [1.29, 1.82) is 0 Å². The van der Waals surface area contributed by atoms with E-state index in [-0.39, 0.29) is 0 Å². The molecule has 17 heavy (non-hydrogen) atoms. The molecular formula is C14H30N2O. The minimum atomic E-state index is 0.579. The monoisotopic (exact) mass is 242 g/mol. The van der Waals surface area contributed by atoms with Crippen molar-refractivity contribution in [3.8, 4) is 0 Å². The van der Waals surface area contributed by atoms with E-state index in [0.29, 0.717) is 12.1 Å². The van der Waals surface area contributed by atoms with Crippen molar-refractivity contribution in [3.63, 3.8) is 0 Å². The lowest BCUT2D eigenvalue weighted by Gasteiger charge is -2.40. The van der Waals surface area contributed by atoms with Crippen LogP contribution in [0.4, 0.5) is 0 Å². The van der Waals surface area contributed by atoms with Crippen LogP contribution in [0.25, 0.3) is 0 Å². The van der Waals surface area contributed by atoms with Gasteiger partial charge in [0.05, 0.1) is 6.61 Å². The van der Waals surface area contributed by atoms with Crippen molar-refractivity contribution in [1.82, 2.24) is 10.2 Å². The highest BCUT2D eigenvalue weighted by molar-refractivity contribution is 4.87. The van der Waals surface area contributed by atoms with Gasteiger partial charge in [0.15, 0.2) is 0 Å². The van der Waals surface area contributed by atoms with Gasteiger partial charge in [0, 0.05) is 18.7 Å². The predicted octanol–water partition coefficient (Wildman–Crippen LogP) is 2.27. The zero-order chi connectivity index (χ0) is 12.5. The Bertz CT molecular complexity index is 181. The molecule has 2 unspecified atom stereocenters. The van der Waals surface area contributed by atoms with E-state index in [1.165, 1.54) is 32.4 Å². The summed E-state index contributed by atoms with van der Waals surface area (Å²) in [7, 11) is 0. The van der Waals surface area contributed by atoms with Gasteiger partial charge in [-0.3, -0.25) is 4.90 Å². The second kappa shape index (κ2) is 8.90. The molecule has 0 bridgehead atoms. The van der Waals surface area contributed by atoms with E-state index in [0.717, 1.165) is 26.2 Å². The van der Waals surface area contributed by atoms with Crippen molar-refractivity contribution in [3.05, 3.63) is 0 Å². The molecule has 1 fully saturated rings. The molecule has 3 nitrogen and oxygen atoms in total. The van der Waals surface area contributed by atoms with Crippen LogP contribution in [0.3, 0.4) is 0 Å². The Morgan fingerprint density at radius 2 is 1.82 bits per heavy atom. The van der Waals surface area contributed by atoms with Crippen LogP contribution in [-0.2, 0) is 4.74 Å². The topological polar surface area (TPSA) is 24.5 Å². The van der Waals surface area contributed by atoms with Crippen molar-refractivity contribution < 1.29 is 4.74 Å². The number of nitrogens with one attached hydrogen (secondary N) is 1. The molecule has 1 N–H and O–H groups in total. The summed E-state index contributed by atoms with van der Waals surface area (Å²) in [6, 6.07) is 1.21. The highest BCUT2D eigenvalue weighted by atomic mass is 16.5. The van der Waals surface area contributed by atoms with Crippen molar-refractivity contribution in [2.75, 3.05) is 32.8 Å². The molecule has 0 spiro atoms. The van der Waals surface area contributed by atoms with Gasteiger partial charge in [-0.25, -0.2) is 0 Å². The molecule has 2 atom stereocenters. The SMILES string of the molecule is CCCNC1CCOCC1N(CCC)CCC. The van der Waals surface area contributed by atoms with Gasteiger partial charge in [-0.1, -0.05) is 20.8 Å². The van der Waals surface area contributed by atoms with E-state index in [9.17, 15) is 0 Å². The van der Waals surface area contributed by atoms with Gasteiger partial charge in [0.25, 0.3) is 0 Å². The first-order chi connectivity index (χ1) is 8.33. The maximum Gasteiger partial charge on any atom is 0.0637 e. The van der Waals surface area contributed by atoms with Gasteiger partial charge in [0.2, 0.25) is 0 Å². The zero-order valence-electron chi connectivity index (χ0n) is 11.9. The van der Waals surface area contributed by atoms with Crippen LogP contribution in [0, 0.1) is 0 Å². The highest BCUT2D eigenvalue weighted by Crippen LogP contribution is 2.15. The first-order valence-corrected chi connectivity index (χ1v) is 7.38. The average molecular weight is 242 g/mol. The van der Waals surface area contributed by atoms with Crippen LogP contribution in [0.1, 0.15) is 46.5 Å². The molecule has 1 saturated heterocycles. The summed E-state index contributed by atoms with van der Waals surface area (Å²) in [4.78, 5) is 2.62. The first-order valence-electron chi connectivity index (χ1n) is 7.38. The molecule has 1 aliphatic rings. The Morgan fingerprint density at radius 3 is 2.41 bits per heavy atom. The molecule has 3 heteroatoms. The second-order valence-corrected chi connectivity index (χ2v) is 5.03. The Morgan fingerprint density at radius 1 is 1.12 bits per heavy atom. The summed E-state index contributed by atoms with van der Waals surface area (Å²) in [6.45, 7) is 12.1. The minimum Gasteiger partial charge on any atom is -0.380 e. The molecular weight excluding hydrogens is 212 g/mol. The third-order valence-corrected chi connectivity index (χ3v) is 3.47. The van der Waals surface area contributed by atoms with E-state index < -0.39 is 0 Å². The minimum absolute atomic E-state index is 0.579. The maximum absolute atomic E-state index is 5.68. The Hall–Kier alpha value is -0.120. The fourth-order valence-electron chi connectivity index (χ4n) is 2.67. The van der Waals surface area contributed by atoms with E-state index in [1.807, 2.05) is 0 Å². The standard InChI is InChI=1S/C14H30N2O/c1-4-8-15-13-7-11-17-12-14(13)16(9-5-2)10-6-3/h13-15H,4-12H2,1-3H3. The number of nitrogens with zero attached hydrogens (tertiary/aromatic N) is 1. The lowest BCUT2D eigenvalue weighted by Crippen LogP contribution is -2.55. The molecule has 1 aliphatic heterocycles. The average Bonchev–Trinajstić information content (AvgIpc) is 2.36. The smallest absolute Gasteiger partial charge is 0.0637 e. The van der Waals surface area contributed by atoms with E-state index in [1.54, 1.807) is 0 Å². The first kappa shape index (κ1) is 14.9. The third-order valence-electron chi connectivity index (χ3n) is 3.47. The molecule has 0 aromatic rings. The van der Waals surface area contributed by atoms with Crippen molar-refractivity contribution in [2.45, 2.75) is 58.5 Å². The van der Waals surface area contributed by atoms with Crippen LogP contribution in [0.5, 0.6) is 0 Å². The zero-order valence-corrected chi connectivity index (χ0v) is 11.9. The van der Waals surface area contributed by atoms with Crippen LogP contribution >= 0.6 is 0 Å². The van der Waals surface area contributed by atoms with Crippen LogP contribution in [0.15, 0.2) is 0 Å². The number of rotatable bonds is 8. The summed E-state index contributed by atoms with van der Waals surface area (Å²) in [5.41, 5.74) is 0. The molecule has 0 aromatic carbocycles. The summed E-state index contributed by atoms with van der Waals surface area (Å²) >= 11 is 0. The fraction of sp³-hybridized carbons (Fsp3) is 1.00. The fourth-order valence-corrected chi connectivity index (χ4v) is 2.67. The number of hydrogen-bond donors (Lipinski definition) is 1. The summed E-state index contributed by atoms with van der Waals surface area (Å²) in [5.74, 6) is 0. The van der Waals surface area contributed by atoms with Crippen molar-refractivity contribution >= 4 is 0 Å². The maximum atomic E-state index is 5.68. The van der Waals surface area contributed by atoms with Crippen molar-refractivity contribution in [2.24, 2.45) is 0 Å². The van der Waals surface area contributed by atoms with Crippen LogP contribution in [-0.4, -0.2) is 49.8 Å². The highest BCUT2D eigenvalue weighted by Gasteiger charge is 2.29. The summed E-state index contributed by atoms with van der Waals surface area (Å²) < 4.78 is 5.68.